The number of imidazole rings is 1. The topological polar surface area (TPSA) is 17.8 Å². The van der Waals surface area contributed by atoms with E-state index in [0.717, 1.165) is 24.4 Å². The van der Waals surface area contributed by atoms with Crippen molar-refractivity contribution >= 4 is 0 Å². The van der Waals surface area contributed by atoms with Gasteiger partial charge in [-0.05, 0) is 19.3 Å². The zero-order valence-corrected chi connectivity index (χ0v) is 8.76. The maximum atomic E-state index is 13.3. The Balaban J connectivity index is 3.13. The first kappa shape index (κ1) is 10.2. The number of aryl methyl sites for hydroxylation is 1. The van der Waals surface area contributed by atoms with Crippen LogP contribution < -0.4 is 0 Å². The molecule has 0 fully saturated rings. The molecule has 1 aromatic rings. The first-order valence-electron chi connectivity index (χ1n) is 4.80. The SMILES string of the molecule is CCCn1c(F)nc(C)c1C(C)C. The molecule has 0 spiro atoms. The molecule has 0 saturated heterocycles. The fraction of sp³-hybridized carbons (Fsp3) is 0.700. The predicted molar refractivity (Wildman–Crippen MR) is 51.3 cm³/mol. The Morgan fingerprint density at radius 1 is 1.46 bits per heavy atom. The Morgan fingerprint density at radius 3 is 2.54 bits per heavy atom. The van der Waals surface area contributed by atoms with E-state index in [1.54, 1.807) is 4.57 Å². The Morgan fingerprint density at radius 2 is 2.08 bits per heavy atom. The zero-order chi connectivity index (χ0) is 10.0. The molecule has 2 nitrogen and oxygen atoms in total. The molecule has 0 N–H and O–H groups in total. The summed E-state index contributed by atoms with van der Waals surface area (Å²) in [7, 11) is 0. The molecule has 1 heterocycles. The van der Waals surface area contributed by atoms with Gasteiger partial charge < -0.3 is 4.57 Å². The summed E-state index contributed by atoms with van der Waals surface area (Å²) in [6.45, 7) is 8.76. The number of rotatable bonds is 3. The van der Waals surface area contributed by atoms with Crippen molar-refractivity contribution in [1.82, 2.24) is 9.55 Å². The summed E-state index contributed by atoms with van der Waals surface area (Å²) in [5.41, 5.74) is 1.85. The standard InChI is InChI=1S/C10H17FN2/c1-5-6-13-9(7(2)3)8(4)12-10(13)11/h7H,5-6H2,1-4H3. The van der Waals surface area contributed by atoms with Gasteiger partial charge in [0.2, 0.25) is 0 Å². The molecule has 3 heteroatoms. The van der Waals surface area contributed by atoms with E-state index in [1.165, 1.54) is 0 Å². The maximum absolute atomic E-state index is 13.3. The van der Waals surface area contributed by atoms with Crippen LogP contribution in [0.25, 0.3) is 0 Å². The summed E-state index contributed by atoms with van der Waals surface area (Å²) in [6.07, 6.45) is 0.593. The third-order valence-corrected chi connectivity index (χ3v) is 2.14. The highest BCUT2D eigenvalue weighted by Crippen LogP contribution is 2.20. The molecule has 0 saturated carbocycles. The average molecular weight is 184 g/mol. The van der Waals surface area contributed by atoms with Crippen LogP contribution in [-0.4, -0.2) is 9.55 Å². The first-order valence-corrected chi connectivity index (χ1v) is 4.80. The van der Waals surface area contributed by atoms with Crippen LogP contribution in [0.3, 0.4) is 0 Å². The van der Waals surface area contributed by atoms with Crippen molar-refractivity contribution in [2.24, 2.45) is 0 Å². The van der Waals surface area contributed by atoms with Gasteiger partial charge in [-0.2, -0.15) is 4.39 Å². The zero-order valence-electron chi connectivity index (χ0n) is 8.76. The van der Waals surface area contributed by atoms with E-state index < -0.39 is 0 Å². The van der Waals surface area contributed by atoms with Crippen LogP contribution in [0.15, 0.2) is 0 Å². The number of nitrogens with zero attached hydrogens (tertiary/aromatic N) is 2. The summed E-state index contributed by atoms with van der Waals surface area (Å²) in [5, 5.41) is 0. The van der Waals surface area contributed by atoms with E-state index in [0.29, 0.717) is 5.92 Å². The molecule has 0 aliphatic rings. The van der Waals surface area contributed by atoms with Crippen LogP contribution in [0.1, 0.15) is 44.5 Å². The summed E-state index contributed by atoms with van der Waals surface area (Å²) in [6, 6.07) is 0. The van der Waals surface area contributed by atoms with Crippen molar-refractivity contribution in [2.45, 2.75) is 46.6 Å². The normalized spacial score (nSPS) is 11.2. The summed E-state index contributed by atoms with van der Waals surface area (Å²) in [5.74, 6) is 0.337. The van der Waals surface area contributed by atoms with Gasteiger partial charge >= 0.3 is 0 Å². The van der Waals surface area contributed by atoms with E-state index in [-0.39, 0.29) is 6.08 Å². The lowest BCUT2D eigenvalue weighted by molar-refractivity contribution is 0.450. The van der Waals surface area contributed by atoms with Crippen molar-refractivity contribution in [3.05, 3.63) is 17.5 Å². The minimum absolute atomic E-state index is 0.337. The molecule has 1 rings (SSSR count). The Kier molecular flexibility index (Phi) is 3.07. The lowest BCUT2D eigenvalue weighted by atomic mass is 10.1. The molecule has 0 aliphatic carbocycles. The van der Waals surface area contributed by atoms with Crippen molar-refractivity contribution in [2.75, 3.05) is 0 Å². The molecule has 0 aliphatic heterocycles. The lowest BCUT2D eigenvalue weighted by Gasteiger charge is -2.10. The highest BCUT2D eigenvalue weighted by atomic mass is 19.1. The van der Waals surface area contributed by atoms with Gasteiger partial charge in [0.15, 0.2) is 0 Å². The fourth-order valence-corrected chi connectivity index (χ4v) is 1.72. The number of aromatic nitrogens is 2. The molecule has 0 unspecified atom stereocenters. The van der Waals surface area contributed by atoms with E-state index in [1.807, 2.05) is 13.8 Å². The lowest BCUT2D eigenvalue weighted by Crippen LogP contribution is -2.07. The van der Waals surface area contributed by atoms with Crippen molar-refractivity contribution in [1.29, 1.82) is 0 Å². The van der Waals surface area contributed by atoms with Crippen LogP contribution in [0.2, 0.25) is 0 Å². The minimum atomic E-state index is -0.344. The van der Waals surface area contributed by atoms with Crippen LogP contribution in [0, 0.1) is 13.0 Å². The molecular formula is C10H17FN2. The molecule has 0 atom stereocenters. The second kappa shape index (κ2) is 3.90. The van der Waals surface area contributed by atoms with Crippen LogP contribution >= 0.6 is 0 Å². The summed E-state index contributed by atoms with van der Waals surface area (Å²) >= 11 is 0. The van der Waals surface area contributed by atoms with Crippen molar-refractivity contribution < 1.29 is 4.39 Å². The average Bonchev–Trinajstić information content (AvgIpc) is 2.27. The Labute approximate surface area is 78.8 Å². The van der Waals surface area contributed by atoms with E-state index >= 15 is 0 Å². The van der Waals surface area contributed by atoms with E-state index in [4.69, 9.17) is 0 Å². The third-order valence-electron chi connectivity index (χ3n) is 2.14. The van der Waals surface area contributed by atoms with Gasteiger partial charge in [-0.1, -0.05) is 20.8 Å². The maximum Gasteiger partial charge on any atom is 0.289 e. The van der Waals surface area contributed by atoms with Crippen LogP contribution in [0.4, 0.5) is 4.39 Å². The minimum Gasteiger partial charge on any atom is -0.304 e. The van der Waals surface area contributed by atoms with Gasteiger partial charge in [-0.3, -0.25) is 0 Å². The molecule has 1 aromatic heterocycles. The predicted octanol–water partition coefficient (Wildman–Crippen LogP) is 2.86. The highest BCUT2D eigenvalue weighted by molar-refractivity contribution is 5.15. The van der Waals surface area contributed by atoms with Gasteiger partial charge in [-0.15, -0.1) is 0 Å². The first-order chi connectivity index (χ1) is 6.07. The van der Waals surface area contributed by atoms with E-state index in [9.17, 15) is 4.39 Å². The van der Waals surface area contributed by atoms with Crippen LogP contribution in [0.5, 0.6) is 0 Å². The largest absolute Gasteiger partial charge is 0.304 e. The second-order valence-corrected chi connectivity index (χ2v) is 3.66. The Bertz CT molecular complexity index is 289. The molecule has 13 heavy (non-hydrogen) atoms. The fourth-order valence-electron chi connectivity index (χ4n) is 1.72. The number of hydrogen-bond acceptors (Lipinski definition) is 1. The molecular weight excluding hydrogens is 167 g/mol. The van der Waals surface area contributed by atoms with Gasteiger partial charge in [-0.25, -0.2) is 4.98 Å². The van der Waals surface area contributed by atoms with Gasteiger partial charge in [0.05, 0.1) is 5.69 Å². The van der Waals surface area contributed by atoms with Crippen molar-refractivity contribution in [3.8, 4) is 0 Å². The highest BCUT2D eigenvalue weighted by Gasteiger charge is 2.15. The number of hydrogen-bond donors (Lipinski definition) is 0. The number of halogens is 1. The van der Waals surface area contributed by atoms with Crippen LogP contribution in [-0.2, 0) is 6.54 Å². The molecule has 74 valence electrons. The van der Waals surface area contributed by atoms with E-state index in [2.05, 4.69) is 18.8 Å². The smallest absolute Gasteiger partial charge is 0.289 e. The summed E-state index contributed by atoms with van der Waals surface area (Å²) in [4.78, 5) is 3.85. The molecule has 0 bridgehead atoms. The van der Waals surface area contributed by atoms with Gasteiger partial charge in [0.1, 0.15) is 0 Å². The third kappa shape index (κ3) is 1.90. The molecule has 0 amide bonds. The quantitative estimate of drug-likeness (QED) is 0.706. The summed E-state index contributed by atoms with van der Waals surface area (Å²) < 4.78 is 15.0. The van der Waals surface area contributed by atoms with Gasteiger partial charge in [0.25, 0.3) is 6.08 Å². The Hall–Kier alpha value is -0.860. The second-order valence-electron chi connectivity index (χ2n) is 3.66. The molecule has 0 radical (unpaired) electrons. The monoisotopic (exact) mass is 184 g/mol. The van der Waals surface area contributed by atoms with Gasteiger partial charge in [0, 0.05) is 12.2 Å². The van der Waals surface area contributed by atoms with Crippen molar-refractivity contribution in [3.63, 3.8) is 0 Å². The molecule has 0 aromatic carbocycles.